The number of amides is 1. The van der Waals surface area contributed by atoms with Crippen molar-refractivity contribution in [2.45, 2.75) is 71.1 Å². The Labute approximate surface area is 189 Å². The van der Waals surface area contributed by atoms with Crippen LogP contribution < -0.4 is 10.6 Å². The van der Waals surface area contributed by atoms with Crippen LogP contribution in [0.5, 0.6) is 0 Å². The summed E-state index contributed by atoms with van der Waals surface area (Å²) >= 11 is 0. The molecule has 0 fully saturated rings. The summed E-state index contributed by atoms with van der Waals surface area (Å²) in [5, 5.41) is 17.0. The van der Waals surface area contributed by atoms with Crippen LogP contribution in [0.4, 0.5) is 8.78 Å². The summed E-state index contributed by atoms with van der Waals surface area (Å²) in [5.41, 5.74) is 4.33. The molecule has 0 aromatic heterocycles. The summed E-state index contributed by atoms with van der Waals surface area (Å²) in [4.78, 5) is 11.7. The number of carbonyl (C=O) groups excluding carboxylic acids is 1. The van der Waals surface area contributed by atoms with Crippen LogP contribution in [0.25, 0.3) is 0 Å². The van der Waals surface area contributed by atoms with E-state index in [1.165, 1.54) is 35.7 Å². The van der Waals surface area contributed by atoms with Gasteiger partial charge in [-0.25, -0.2) is 8.78 Å². The highest BCUT2D eigenvalue weighted by atomic mass is 19.1. The number of nitrogens with one attached hydrogen (secondary N) is 2. The Hall–Kier alpha value is -2.31. The Morgan fingerprint density at radius 2 is 1.81 bits per heavy atom. The molecule has 6 heteroatoms. The molecule has 4 nitrogen and oxygen atoms in total. The number of benzene rings is 2. The number of aliphatic hydroxyl groups is 1. The predicted octanol–water partition coefficient (Wildman–Crippen LogP) is 4.24. The van der Waals surface area contributed by atoms with Crippen molar-refractivity contribution in [2.24, 2.45) is 5.92 Å². The van der Waals surface area contributed by atoms with Crippen molar-refractivity contribution in [1.82, 2.24) is 10.6 Å². The molecule has 174 valence electrons. The minimum Gasteiger partial charge on any atom is -0.390 e. The fourth-order valence-electron chi connectivity index (χ4n) is 4.59. The van der Waals surface area contributed by atoms with E-state index in [9.17, 15) is 18.7 Å². The van der Waals surface area contributed by atoms with Crippen LogP contribution in [0.1, 0.15) is 61.9 Å². The highest BCUT2D eigenvalue weighted by Crippen LogP contribution is 2.31. The number of fused-ring (bicyclic) bond motifs is 1. The van der Waals surface area contributed by atoms with Gasteiger partial charge in [-0.3, -0.25) is 4.79 Å². The minimum absolute atomic E-state index is 0.130. The molecule has 1 aliphatic rings. The molecule has 3 N–H and O–H groups in total. The number of halogens is 2. The molecule has 3 atom stereocenters. The van der Waals surface area contributed by atoms with Crippen molar-refractivity contribution >= 4 is 5.91 Å². The number of carbonyl (C=O) groups is 1. The van der Waals surface area contributed by atoms with Gasteiger partial charge in [0.05, 0.1) is 12.1 Å². The summed E-state index contributed by atoms with van der Waals surface area (Å²) in [6.45, 7) is 6.05. The Kier molecular flexibility index (Phi) is 8.38. The average Bonchev–Trinajstić information content (AvgIpc) is 2.70. The molecule has 1 amide bonds. The van der Waals surface area contributed by atoms with Crippen molar-refractivity contribution in [3.63, 3.8) is 0 Å². The van der Waals surface area contributed by atoms with Gasteiger partial charge in [-0.15, -0.1) is 0 Å². The molecule has 0 saturated carbocycles. The first-order valence-corrected chi connectivity index (χ1v) is 11.5. The topological polar surface area (TPSA) is 61.4 Å². The molecule has 0 aliphatic heterocycles. The number of aliphatic hydroxyl groups excluding tert-OH is 1. The van der Waals surface area contributed by atoms with Gasteiger partial charge in [0, 0.05) is 25.6 Å². The number of hydrogen-bond acceptors (Lipinski definition) is 3. The summed E-state index contributed by atoms with van der Waals surface area (Å²) in [6.07, 6.45) is 3.35. The quantitative estimate of drug-likeness (QED) is 0.542. The van der Waals surface area contributed by atoms with Crippen LogP contribution in [-0.2, 0) is 24.1 Å². The van der Waals surface area contributed by atoms with Gasteiger partial charge >= 0.3 is 0 Å². The Morgan fingerprint density at radius 3 is 2.47 bits per heavy atom. The molecule has 32 heavy (non-hydrogen) atoms. The van der Waals surface area contributed by atoms with Crippen molar-refractivity contribution in [3.05, 3.63) is 70.3 Å². The third kappa shape index (κ3) is 6.84. The van der Waals surface area contributed by atoms with Gasteiger partial charge in [-0.05, 0) is 72.4 Å². The lowest BCUT2D eigenvalue weighted by Crippen LogP contribution is -2.48. The van der Waals surface area contributed by atoms with Gasteiger partial charge in [0.2, 0.25) is 5.91 Å². The molecule has 1 aliphatic carbocycles. The van der Waals surface area contributed by atoms with E-state index >= 15 is 0 Å². The van der Waals surface area contributed by atoms with E-state index in [0.717, 1.165) is 31.7 Å². The van der Waals surface area contributed by atoms with E-state index in [-0.39, 0.29) is 24.9 Å². The average molecular weight is 445 g/mol. The van der Waals surface area contributed by atoms with Crippen LogP contribution >= 0.6 is 0 Å². The van der Waals surface area contributed by atoms with Crippen molar-refractivity contribution in [2.75, 3.05) is 6.54 Å². The Bertz CT molecular complexity index is 912. The maximum absolute atomic E-state index is 13.6. The van der Waals surface area contributed by atoms with Gasteiger partial charge in [0.25, 0.3) is 0 Å². The van der Waals surface area contributed by atoms with Crippen molar-refractivity contribution in [1.29, 1.82) is 0 Å². The second-order valence-corrected chi connectivity index (χ2v) is 9.34. The van der Waals surface area contributed by atoms with E-state index in [1.807, 2.05) is 0 Å². The lowest BCUT2D eigenvalue weighted by atomic mass is 9.85. The summed E-state index contributed by atoms with van der Waals surface area (Å²) in [6, 6.07) is 9.44. The van der Waals surface area contributed by atoms with Crippen LogP contribution in [-0.4, -0.2) is 29.7 Å². The normalized spacial score (nSPS) is 17.7. The zero-order valence-electron chi connectivity index (χ0n) is 19.1. The first-order valence-electron chi connectivity index (χ1n) is 11.5. The van der Waals surface area contributed by atoms with E-state index in [1.54, 1.807) is 0 Å². The molecule has 0 spiro atoms. The third-order valence-corrected chi connectivity index (χ3v) is 5.97. The van der Waals surface area contributed by atoms with Gasteiger partial charge < -0.3 is 15.7 Å². The summed E-state index contributed by atoms with van der Waals surface area (Å²) in [5.74, 6) is -1.07. The van der Waals surface area contributed by atoms with Crippen LogP contribution in [0.3, 0.4) is 0 Å². The molecule has 0 radical (unpaired) electrons. The first-order chi connectivity index (χ1) is 15.2. The lowest BCUT2D eigenvalue weighted by Gasteiger charge is -2.30. The molecular formula is C26H34F2N2O2. The van der Waals surface area contributed by atoms with E-state index < -0.39 is 23.8 Å². The van der Waals surface area contributed by atoms with Gasteiger partial charge in [-0.2, -0.15) is 0 Å². The van der Waals surface area contributed by atoms with Gasteiger partial charge in [-0.1, -0.05) is 32.0 Å². The molecular weight excluding hydrogens is 410 g/mol. The highest BCUT2D eigenvalue weighted by molar-refractivity contribution is 5.73. The highest BCUT2D eigenvalue weighted by Gasteiger charge is 2.25. The SMILES string of the molecule is CC(=O)NC(Cc1cc(F)cc(F)c1)C(O)CNC1CCCc2ccc(CC(C)C)cc21. The number of hydrogen-bond donors (Lipinski definition) is 3. The number of rotatable bonds is 9. The Morgan fingerprint density at radius 1 is 1.09 bits per heavy atom. The lowest BCUT2D eigenvalue weighted by molar-refractivity contribution is -0.120. The van der Waals surface area contributed by atoms with E-state index in [2.05, 4.69) is 42.7 Å². The second kappa shape index (κ2) is 11.0. The van der Waals surface area contributed by atoms with Gasteiger partial charge in [0.1, 0.15) is 11.6 Å². The minimum atomic E-state index is -0.908. The third-order valence-electron chi connectivity index (χ3n) is 5.97. The van der Waals surface area contributed by atoms with Crippen molar-refractivity contribution in [3.8, 4) is 0 Å². The molecule has 3 unspecified atom stereocenters. The van der Waals surface area contributed by atoms with E-state index in [0.29, 0.717) is 11.5 Å². The summed E-state index contributed by atoms with van der Waals surface area (Å²) in [7, 11) is 0. The first kappa shape index (κ1) is 24.3. The predicted molar refractivity (Wildman–Crippen MR) is 122 cm³/mol. The Balaban J connectivity index is 1.69. The second-order valence-electron chi connectivity index (χ2n) is 9.34. The molecule has 0 heterocycles. The standard InChI is InChI=1S/C26H34F2N2O2/c1-16(2)9-18-7-8-20-5-4-6-24(23(20)12-18)29-15-26(32)25(30-17(3)31)13-19-10-21(27)14-22(28)11-19/h7-8,10-12,14,16,24-26,29,32H,4-6,9,13,15H2,1-3H3,(H,30,31). The van der Waals surface area contributed by atoms with Crippen LogP contribution in [0, 0.1) is 17.6 Å². The van der Waals surface area contributed by atoms with E-state index in [4.69, 9.17) is 0 Å². The maximum Gasteiger partial charge on any atom is 0.217 e. The fraction of sp³-hybridized carbons (Fsp3) is 0.500. The zero-order chi connectivity index (χ0) is 23.3. The smallest absolute Gasteiger partial charge is 0.217 e. The maximum atomic E-state index is 13.6. The number of aryl methyl sites for hydroxylation is 1. The molecule has 3 rings (SSSR count). The largest absolute Gasteiger partial charge is 0.390 e. The molecule has 0 bridgehead atoms. The molecule has 0 saturated heterocycles. The monoisotopic (exact) mass is 444 g/mol. The summed E-state index contributed by atoms with van der Waals surface area (Å²) < 4.78 is 27.2. The fourth-order valence-corrected chi connectivity index (χ4v) is 4.59. The van der Waals surface area contributed by atoms with Gasteiger partial charge in [0.15, 0.2) is 0 Å². The molecule has 2 aromatic rings. The molecule has 2 aromatic carbocycles. The zero-order valence-corrected chi connectivity index (χ0v) is 19.1. The van der Waals surface area contributed by atoms with Crippen LogP contribution in [0.2, 0.25) is 0 Å². The van der Waals surface area contributed by atoms with Crippen LogP contribution in [0.15, 0.2) is 36.4 Å². The van der Waals surface area contributed by atoms with Crippen molar-refractivity contribution < 1.29 is 18.7 Å².